The predicted molar refractivity (Wildman–Crippen MR) is 110 cm³/mol. The van der Waals surface area contributed by atoms with Crippen molar-refractivity contribution in [1.82, 2.24) is 4.98 Å². The van der Waals surface area contributed by atoms with Gasteiger partial charge in [-0.2, -0.15) is 5.90 Å². The van der Waals surface area contributed by atoms with E-state index < -0.39 is 23.4 Å². The maximum Gasteiger partial charge on any atom is 0.259 e. The molecule has 31 heavy (non-hydrogen) atoms. The van der Waals surface area contributed by atoms with E-state index in [2.05, 4.69) is 20.5 Å². The summed E-state index contributed by atoms with van der Waals surface area (Å²) in [6.07, 6.45) is 1.31. The van der Waals surface area contributed by atoms with Gasteiger partial charge in [-0.3, -0.25) is 15.0 Å². The number of nitrogens with zero attached hydrogens (tertiary/aromatic N) is 1. The second-order valence-electron chi connectivity index (χ2n) is 6.22. The summed E-state index contributed by atoms with van der Waals surface area (Å²) in [5, 5.41) is 12.3. The van der Waals surface area contributed by atoms with Crippen molar-refractivity contribution >= 4 is 42.5 Å². The first-order chi connectivity index (χ1) is 14.8. The molecule has 0 aliphatic carbocycles. The fourth-order valence-electron chi connectivity index (χ4n) is 2.54. The summed E-state index contributed by atoms with van der Waals surface area (Å²) in [4.78, 5) is 33.3. The Morgan fingerprint density at radius 1 is 0.968 bits per heavy atom. The van der Waals surface area contributed by atoms with Crippen LogP contribution in [0, 0.1) is 17.0 Å². The molecular formula is C20H14BF2N5O3. The Bertz CT molecular complexity index is 1150. The van der Waals surface area contributed by atoms with Gasteiger partial charge < -0.3 is 15.5 Å². The molecule has 0 fully saturated rings. The normalized spacial score (nSPS) is 10.3. The lowest BCUT2D eigenvalue weighted by Crippen LogP contribution is -2.20. The highest BCUT2D eigenvalue weighted by Crippen LogP contribution is 2.22. The predicted octanol–water partition coefficient (Wildman–Crippen LogP) is 1.87. The zero-order valence-electron chi connectivity index (χ0n) is 15.8. The van der Waals surface area contributed by atoms with E-state index in [0.717, 1.165) is 0 Å². The number of halogens is 2. The molecular weight excluding hydrogens is 407 g/mol. The van der Waals surface area contributed by atoms with Crippen molar-refractivity contribution in [3.63, 3.8) is 0 Å². The number of rotatable bonds is 5. The third kappa shape index (κ3) is 5.09. The van der Waals surface area contributed by atoms with Crippen LogP contribution in [-0.4, -0.2) is 30.5 Å². The lowest BCUT2D eigenvalue weighted by atomic mass is 9.99. The molecule has 0 aliphatic rings. The zero-order valence-corrected chi connectivity index (χ0v) is 15.8. The third-order valence-electron chi connectivity index (χ3n) is 4.11. The number of carbonyl (C=O) groups excluding carboxylic acids is 2. The summed E-state index contributed by atoms with van der Waals surface area (Å²) in [5.74, 6) is 0.708. The van der Waals surface area contributed by atoms with Gasteiger partial charge in [0.05, 0.1) is 11.3 Å². The summed E-state index contributed by atoms with van der Waals surface area (Å²) in [6.45, 7) is 0. The summed E-state index contributed by atoms with van der Waals surface area (Å²) in [5.41, 5.74) is 0.255. The fourth-order valence-corrected chi connectivity index (χ4v) is 2.54. The van der Waals surface area contributed by atoms with Gasteiger partial charge in [-0.1, -0.05) is 11.5 Å². The van der Waals surface area contributed by atoms with Crippen molar-refractivity contribution < 1.29 is 23.2 Å². The molecule has 3 rings (SSSR count). The Balaban J connectivity index is 1.85. The zero-order chi connectivity index (χ0) is 22.5. The SMILES string of the molecule is [B]c1ccc(NC(=O)c2cc(F)c(F)cc2NC(=O)c2ccc(C(=N)ON)cc2)nc1. The number of amides is 2. The summed E-state index contributed by atoms with van der Waals surface area (Å²) >= 11 is 0. The molecule has 0 unspecified atom stereocenters. The number of carbonyl (C=O) groups is 2. The number of hydrogen-bond donors (Lipinski definition) is 4. The average molecular weight is 421 g/mol. The number of hydrogen-bond acceptors (Lipinski definition) is 6. The van der Waals surface area contributed by atoms with Gasteiger partial charge in [-0.15, -0.1) is 0 Å². The van der Waals surface area contributed by atoms with Crippen LogP contribution in [0.5, 0.6) is 0 Å². The molecule has 154 valence electrons. The minimum Gasteiger partial charge on any atom is -0.391 e. The first-order valence-electron chi connectivity index (χ1n) is 8.67. The Kier molecular flexibility index (Phi) is 6.36. The Hall–Kier alpha value is -4.12. The van der Waals surface area contributed by atoms with E-state index in [9.17, 15) is 18.4 Å². The van der Waals surface area contributed by atoms with Crippen LogP contribution < -0.4 is 22.0 Å². The van der Waals surface area contributed by atoms with E-state index in [1.54, 1.807) is 0 Å². The second-order valence-corrected chi connectivity index (χ2v) is 6.22. The highest BCUT2D eigenvalue weighted by Gasteiger charge is 2.19. The van der Waals surface area contributed by atoms with Gasteiger partial charge in [0.15, 0.2) is 11.6 Å². The van der Waals surface area contributed by atoms with Gasteiger partial charge >= 0.3 is 0 Å². The van der Waals surface area contributed by atoms with Crippen molar-refractivity contribution in [2.45, 2.75) is 0 Å². The van der Waals surface area contributed by atoms with Gasteiger partial charge in [-0.25, -0.2) is 13.8 Å². The van der Waals surface area contributed by atoms with Crippen LogP contribution in [-0.2, 0) is 4.84 Å². The standard InChI is InChI=1S/C20H14BF2N5O3/c21-12-5-6-17(26-9-12)28-20(30)13-7-14(22)15(23)8-16(13)27-19(29)11-3-1-10(2-4-11)18(24)31-25/h1-9,24H,25H2,(H,27,29)(H,26,28,30). The van der Waals surface area contributed by atoms with Crippen LogP contribution in [0.3, 0.4) is 0 Å². The molecule has 0 atom stereocenters. The van der Waals surface area contributed by atoms with Crippen LogP contribution in [0.1, 0.15) is 26.3 Å². The van der Waals surface area contributed by atoms with Crippen molar-refractivity contribution in [2.75, 3.05) is 10.6 Å². The van der Waals surface area contributed by atoms with Gasteiger partial charge in [0, 0.05) is 23.4 Å². The minimum atomic E-state index is -1.27. The smallest absolute Gasteiger partial charge is 0.259 e. The lowest BCUT2D eigenvalue weighted by molar-refractivity contribution is 0.102. The third-order valence-corrected chi connectivity index (χ3v) is 4.11. The van der Waals surface area contributed by atoms with Crippen molar-refractivity contribution in [1.29, 1.82) is 5.41 Å². The number of pyridine rings is 1. The highest BCUT2D eigenvalue weighted by molar-refractivity contribution is 6.32. The van der Waals surface area contributed by atoms with Crippen molar-refractivity contribution in [3.05, 3.63) is 83.1 Å². The molecule has 2 radical (unpaired) electrons. The summed E-state index contributed by atoms with van der Waals surface area (Å²) < 4.78 is 27.6. The molecule has 5 N–H and O–H groups in total. The number of anilines is 2. The molecule has 0 aliphatic heterocycles. The first kappa shape index (κ1) is 21.6. The van der Waals surface area contributed by atoms with E-state index in [0.29, 0.717) is 23.2 Å². The molecule has 2 amide bonds. The second kappa shape index (κ2) is 9.14. The van der Waals surface area contributed by atoms with Crippen molar-refractivity contribution in [2.24, 2.45) is 5.90 Å². The molecule has 0 spiro atoms. The molecule has 0 saturated carbocycles. The van der Waals surface area contributed by atoms with Crippen LogP contribution in [0.4, 0.5) is 20.3 Å². The summed E-state index contributed by atoms with van der Waals surface area (Å²) in [7, 11) is 5.53. The van der Waals surface area contributed by atoms with E-state index in [-0.39, 0.29) is 28.5 Å². The molecule has 2 aromatic carbocycles. The van der Waals surface area contributed by atoms with Gasteiger partial charge in [0.2, 0.25) is 5.90 Å². The summed E-state index contributed by atoms with van der Waals surface area (Å²) in [6, 6.07) is 9.86. The molecule has 0 bridgehead atoms. The number of benzene rings is 2. The van der Waals surface area contributed by atoms with Crippen molar-refractivity contribution in [3.8, 4) is 0 Å². The fraction of sp³-hybridized carbons (Fsp3) is 0. The first-order valence-corrected chi connectivity index (χ1v) is 8.67. The molecule has 0 saturated heterocycles. The quantitative estimate of drug-likeness (QED) is 0.216. The number of aromatic nitrogens is 1. The maximum absolute atomic E-state index is 13.8. The van der Waals surface area contributed by atoms with Crippen LogP contribution >= 0.6 is 0 Å². The topological polar surface area (TPSA) is 130 Å². The Morgan fingerprint density at radius 3 is 2.23 bits per heavy atom. The number of nitrogens with two attached hydrogens (primary N) is 1. The Labute approximate surface area is 176 Å². The van der Waals surface area contributed by atoms with E-state index in [1.165, 1.54) is 42.6 Å². The molecule has 1 heterocycles. The van der Waals surface area contributed by atoms with Crippen LogP contribution in [0.2, 0.25) is 0 Å². The highest BCUT2D eigenvalue weighted by atomic mass is 19.2. The average Bonchev–Trinajstić information content (AvgIpc) is 2.77. The van der Waals surface area contributed by atoms with E-state index in [1.807, 2.05) is 0 Å². The molecule has 8 nitrogen and oxygen atoms in total. The molecule has 3 aromatic rings. The Morgan fingerprint density at radius 2 is 1.61 bits per heavy atom. The largest absolute Gasteiger partial charge is 0.391 e. The minimum absolute atomic E-state index is 0.126. The molecule has 11 heteroatoms. The number of nitrogens with one attached hydrogen (secondary N) is 3. The van der Waals surface area contributed by atoms with E-state index in [4.69, 9.17) is 19.2 Å². The maximum atomic E-state index is 13.8. The molecule has 1 aromatic heterocycles. The van der Waals surface area contributed by atoms with Crippen LogP contribution in [0.25, 0.3) is 0 Å². The van der Waals surface area contributed by atoms with Gasteiger partial charge in [0.25, 0.3) is 11.8 Å². The van der Waals surface area contributed by atoms with Crippen LogP contribution in [0.15, 0.2) is 54.7 Å². The van der Waals surface area contributed by atoms with Gasteiger partial charge in [-0.05, 0) is 36.4 Å². The van der Waals surface area contributed by atoms with Gasteiger partial charge in [0.1, 0.15) is 13.7 Å². The van der Waals surface area contributed by atoms with E-state index >= 15 is 0 Å². The monoisotopic (exact) mass is 421 g/mol. The lowest BCUT2D eigenvalue weighted by Gasteiger charge is -2.12.